The second-order valence-corrected chi connectivity index (χ2v) is 5.06. The maximum atomic E-state index is 5.54. The first-order chi connectivity index (χ1) is 10.8. The van der Waals surface area contributed by atoms with E-state index in [4.69, 9.17) is 17.0 Å². The molecular formula is C17H20N3OS+. The molecule has 0 bridgehead atoms. The second kappa shape index (κ2) is 8.79. The van der Waals surface area contributed by atoms with Gasteiger partial charge < -0.3 is 10.1 Å². The molecule has 0 aromatic heterocycles. The Morgan fingerprint density at radius 1 is 1.14 bits per heavy atom. The van der Waals surface area contributed by atoms with Crippen LogP contribution >= 0.6 is 12.2 Å². The van der Waals surface area contributed by atoms with Gasteiger partial charge in [-0.3, -0.25) is 0 Å². The molecule has 2 aromatic carbocycles. The number of para-hydroxylation sites is 1. The molecule has 0 amide bonds. The van der Waals surface area contributed by atoms with Gasteiger partial charge in [0.15, 0.2) is 6.21 Å². The van der Waals surface area contributed by atoms with Crippen LogP contribution < -0.4 is 20.6 Å². The van der Waals surface area contributed by atoms with Crippen molar-refractivity contribution in [3.63, 3.8) is 0 Å². The van der Waals surface area contributed by atoms with Crippen LogP contribution in [-0.2, 0) is 0 Å². The van der Waals surface area contributed by atoms with E-state index >= 15 is 0 Å². The Labute approximate surface area is 136 Å². The van der Waals surface area contributed by atoms with Crippen LogP contribution in [0.1, 0.15) is 18.9 Å². The van der Waals surface area contributed by atoms with Gasteiger partial charge in [0.2, 0.25) is 5.11 Å². The van der Waals surface area contributed by atoms with Gasteiger partial charge in [0.05, 0.1) is 6.61 Å². The Bertz CT molecular complexity index is 612. The van der Waals surface area contributed by atoms with Crippen LogP contribution in [-0.4, -0.2) is 17.9 Å². The summed E-state index contributed by atoms with van der Waals surface area (Å²) in [4.78, 5) is 0. The summed E-state index contributed by atoms with van der Waals surface area (Å²) in [5.41, 5.74) is 4.88. The zero-order valence-electron chi connectivity index (χ0n) is 12.5. The Kier molecular flexibility index (Phi) is 6.39. The zero-order valence-corrected chi connectivity index (χ0v) is 13.3. The van der Waals surface area contributed by atoms with Gasteiger partial charge in [-0.25, -0.2) is 0 Å². The SMILES string of the molecule is CCCOc1ccc(C=[NH+]NC(=S)Nc2ccccc2)cc1. The fourth-order valence-electron chi connectivity index (χ4n) is 1.75. The number of hydrazone groups is 1. The summed E-state index contributed by atoms with van der Waals surface area (Å²) < 4.78 is 5.54. The molecule has 0 atom stereocenters. The molecule has 2 aromatic rings. The summed E-state index contributed by atoms with van der Waals surface area (Å²) >= 11 is 5.20. The van der Waals surface area contributed by atoms with Gasteiger partial charge in [0.1, 0.15) is 5.75 Å². The minimum atomic E-state index is 0.505. The van der Waals surface area contributed by atoms with E-state index in [1.54, 1.807) is 0 Å². The van der Waals surface area contributed by atoms with Crippen LogP contribution in [0, 0.1) is 0 Å². The van der Waals surface area contributed by atoms with E-state index in [0.29, 0.717) is 5.11 Å². The predicted molar refractivity (Wildman–Crippen MR) is 94.2 cm³/mol. The number of anilines is 1. The summed E-state index contributed by atoms with van der Waals surface area (Å²) in [6.45, 7) is 2.83. The van der Waals surface area contributed by atoms with Gasteiger partial charge in [-0.15, -0.1) is 10.5 Å². The first-order valence-electron chi connectivity index (χ1n) is 7.21. The lowest BCUT2D eigenvalue weighted by Crippen LogP contribution is -2.82. The maximum absolute atomic E-state index is 5.54. The van der Waals surface area contributed by atoms with E-state index in [-0.39, 0.29) is 0 Å². The summed E-state index contributed by atoms with van der Waals surface area (Å²) in [7, 11) is 0. The smallest absolute Gasteiger partial charge is 0.228 e. The molecule has 0 unspecified atom stereocenters. The van der Waals surface area contributed by atoms with E-state index in [9.17, 15) is 0 Å². The number of ether oxygens (including phenoxy) is 1. The van der Waals surface area contributed by atoms with Crippen LogP contribution in [0.3, 0.4) is 0 Å². The van der Waals surface area contributed by atoms with Crippen molar-refractivity contribution < 1.29 is 9.84 Å². The third-order valence-electron chi connectivity index (χ3n) is 2.81. The number of nitrogens with one attached hydrogen (secondary N) is 3. The normalized spacial score (nSPS) is 10.4. The van der Waals surface area contributed by atoms with Crippen LogP contribution in [0.4, 0.5) is 5.69 Å². The molecule has 3 N–H and O–H groups in total. The van der Waals surface area contributed by atoms with Crippen molar-refractivity contribution in [1.29, 1.82) is 0 Å². The highest BCUT2D eigenvalue weighted by atomic mass is 32.1. The number of hydrogen-bond acceptors (Lipinski definition) is 2. The van der Waals surface area contributed by atoms with E-state index in [1.807, 2.05) is 60.8 Å². The predicted octanol–water partition coefficient (Wildman–Crippen LogP) is 1.88. The highest BCUT2D eigenvalue weighted by Gasteiger charge is 1.98. The van der Waals surface area contributed by atoms with Crippen LogP contribution in [0.5, 0.6) is 5.75 Å². The fourth-order valence-corrected chi connectivity index (χ4v) is 1.93. The molecule has 0 aliphatic carbocycles. The highest BCUT2D eigenvalue weighted by Crippen LogP contribution is 2.10. The van der Waals surface area contributed by atoms with Gasteiger partial charge >= 0.3 is 0 Å². The molecule has 0 heterocycles. The molecule has 0 aliphatic heterocycles. The van der Waals surface area contributed by atoms with Crippen LogP contribution in [0.25, 0.3) is 0 Å². The lowest BCUT2D eigenvalue weighted by molar-refractivity contribution is -0.499. The molecule has 0 spiro atoms. The number of hydrogen-bond donors (Lipinski definition) is 3. The standard InChI is InChI=1S/C17H19N3OS/c1-2-12-21-16-10-8-14(9-11-16)13-18-20-17(22)19-15-6-4-3-5-7-15/h3-11,13H,2,12H2,1H3,(H2,19,20,22)/p+1. The quantitative estimate of drug-likeness (QED) is 0.433. The summed E-state index contributed by atoms with van der Waals surface area (Å²) in [6.07, 6.45) is 2.84. The number of rotatable bonds is 6. The van der Waals surface area contributed by atoms with Gasteiger partial charge in [-0.2, -0.15) is 0 Å². The molecule has 0 fully saturated rings. The fraction of sp³-hybridized carbons (Fsp3) is 0.176. The molecular weight excluding hydrogens is 294 g/mol. The molecule has 0 saturated heterocycles. The molecule has 114 valence electrons. The third-order valence-corrected chi connectivity index (χ3v) is 3.01. The van der Waals surface area contributed by atoms with Crippen molar-refractivity contribution in [3.05, 3.63) is 60.2 Å². The van der Waals surface area contributed by atoms with Crippen molar-refractivity contribution in [2.24, 2.45) is 0 Å². The van der Waals surface area contributed by atoms with Gasteiger partial charge in [-0.05, 0) is 55.0 Å². The average molecular weight is 314 g/mol. The second-order valence-electron chi connectivity index (χ2n) is 4.65. The summed E-state index contributed by atoms with van der Waals surface area (Å²) in [6, 6.07) is 17.6. The number of thiocarbonyl (C=S) groups is 1. The Hall–Kier alpha value is -2.40. The molecule has 0 saturated carbocycles. The summed E-state index contributed by atoms with van der Waals surface area (Å²) in [5, 5.41) is 6.55. The molecule has 0 aliphatic rings. The van der Waals surface area contributed by atoms with Crippen LogP contribution in [0.2, 0.25) is 0 Å². The largest absolute Gasteiger partial charge is 0.494 e. The Balaban J connectivity index is 1.80. The maximum Gasteiger partial charge on any atom is 0.228 e. The van der Waals surface area contributed by atoms with Crippen molar-refractivity contribution in [2.45, 2.75) is 13.3 Å². The Morgan fingerprint density at radius 3 is 2.55 bits per heavy atom. The molecule has 2 rings (SSSR count). The Morgan fingerprint density at radius 2 is 1.86 bits per heavy atom. The first kappa shape index (κ1) is 16.0. The number of hydrazine groups is 1. The molecule has 4 nitrogen and oxygen atoms in total. The molecule has 0 radical (unpaired) electrons. The number of benzene rings is 2. The lowest BCUT2D eigenvalue weighted by atomic mass is 10.2. The zero-order chi connectivity index (χ0) is 15.6. The van der Waals surface area contributed by atoms with E-state index in [1.165, 1.54) is 0 Å². The van der Waals surface area contributed by atoms with Crippen molar-refractivity contribution in [2.75, 3.05) is 11.9 Å². The minimum Gasteiger partial charge on any atom is -0.494 e. The van der Waals surface area contributed by atoms with Crippen LogP contribution in [0.15, 0.2) is 54.6 Å². The van der Waals surface area contributed by atoms with Crippen molar-refractivity contribution in [1.82, 2.24) is 5.43 Å². The van der Waals surface area contributed by atoms with E-state index < -0.39 is 0 Å². The summed E-state index contributed by atoms with van der Waals surface area (Å²) in [5.74, 6) is 0.883. The van der Waals surface area contributed by atoms with Crippen molar-refractivity contribution in [3.8, 4) is 5.75 Å². The van der Waals surface area contributed by atoms with Gasteiger partial charge in [-0.1, -0.05) is 25.1 Å². The average Bonchev–Trinajstić information content (AvgIpc) is 2.55. The first-order valence-corrected chi connectivity index (χ1v) is 7.62. The van der Waals surface area contributed by atoms with Crippen molar-refractivity contribution >= 4 is 29.2 Å². The monoisotopic (exact) mass is 314 g/mol. The molecule has 22 heavy (non-hydrogen) atoms. The third kappa shape index (κ3) is 5.54. The topological polar surface area (TPSA) is 47.3 Å². The molecule has 5 heteroatoms. The van der Waals surface area contributed by atoms with E-state index in [0.717, 1.165) is 30.0 Å². The van der Waals surface area contributed by atoms with Gasteiger partial charge in [0, 0.05) is 11.3 Å². The van der Waals surface area contributed by atoms with Gasteiger partial charge in [0.25, 0.3) is 0 Å². The van der Waals surface area contributed by atoms with E-state index in [2.05, 4.69) is 22.8 Å². The lowest BCUT2D eigenvalue weighted by Gasteiger charge is -2.04. The highest BCUT2D eigenvalue weighted by molar-refractivity contribution is 7.80. The minimum absolute atomic E-state index is 0.505.